The molecule has 1 atom stereocenters. The molecule has 0 radical (unpaired) electrons. The zero-order valence-corrected chi connectivity index (χ0v) is 15.2. The van der Waals surface area contributed by atoms with Crippen LogP contribution in [0, 0.1) is 5.92 Å². The largest absolute Gasteiger partial charge is 0.357 e. The second-order valence-corrected chi connectivity index (χ2v) is 6.66. The lowest BCUT2D eigenvalue weighted by atomic mass is 10.0. The van der Waals surface area contributed by atoms with Gasteiger partial charge < -0.3 is 20.9 Å². The molecule has 0 aliphatic carbocycles. The van der Waals surface area contributed by atoms with Crippen LogP contribution < -0.4 is 20.9 Å². The monoisotopic (exact) mass is 346 g/mol. The minimum Gasteiger partial charge on any atom is -0.357 e. The van der Waals surface area contributed by atoms with Gasteiger partial charge in [0.2, 0.25) is 11.8 Å². The van der Waals surface area contributed by atoms with Gasteiger partial charge in [0.05, 0.1) is 0 Å². The van der Waals surface area contributed by atoms with Crippen molar-refractivity contribution in [2.45, 2.75) is 39.7 Å². The molecule has 1 aromatic rings. The number of nitrogens with zero attached hydrogens (tertiary/aromatic N) is 1. The Kier molecular flexibility index (Phi) is 6.01. The number of benzene rings is 1. The number of carbonyl (C=O) groups excluding carboxylic acids is 3. The van der Waals surface area contributed by atoms with E-state index in [1.165, 1.54) is 0 Å². The van der Waals surface area contributed by atoms with Gasteiger partial charge in [-0.2, -0.15) is 0 Å². The van der Waals surface area contributed by atoms with Crippen LogP contribution in [-0.2, 0) is 16.0 Å². The van der Waals surface area contributed by atoms with Gasteiger partial charge in [-0.1, -0.05) is 13.8 Å². The van der Waals surface area contributed by atoms with Gasteiger partial charge in [-0.3, -0.25) is 9.59 Å². The summed E-state index contributed by atoms with van der Waals surface area (Å²) in [4.78, 5) is 37.4. The Balaban J connectivity index is 2.03. The Bertz CT molecular complexity index is 672. The van der Waals surface area contributed by atoms with Crippen molar-refractivity contribution in [1.82, 2.24) is 10.6 Å². The van der Waals surface area contributed by atoms with Crippen LogP contribution in [0.5, 0.6) is 0 Å². The summed E-state index contributed by atoms with van der Waals surface area (Å²) in [6, 6.07) is 4.47. The summed E-state index contributed by atoms with van der Waals surface area (Å²) in [5.41, 5.74) is 2.56. The van der Waals surface area contributed by atoms with E-state index in [2.05, 4.69) is 16.0 Å². The lowest BCUT2D eigenvalue weighted by Gasteiger charge is -2.19. The van der Waals surface area contributed by atoms with Crippen LogP contribution in [0.1, 0.15) is 32.8 Å². The molecule has 0 bridgehead atoms. The maximum Gasteiger partial charge on any atom is 0.319 e. The van der Waals surface area contributed by atoms with Crippen molar-refractivity contribution in [2.24, 2.45) is 5.92 Å². The average Bonchev–Trinajstić information content (AvgIpc) is 2.96. The fraction of sp³-hybridized carbons (Fsp3) is 0.500. The average molecular weight is 346 g/mol. The topological polar surface area (TPSA) is 90.5 Å². The van der Waals surface area contributed by atoms with Gasteiger partial charge in [0.1, 0.15) is 6.04 Å². The molecule has 1 aromatic carbocycles. The molecule has 2 rings (SSSR count). The van der Waals surface area contributed by atoms with Crippen molar-refractivity contribution in [3.8, 4) is 0 Å². The van der Waals surface area contributed by atoms with Gasteiger partial charge in [0.15, 0.2) is 0 Å². The molecule has 4 amide bonds. The number of fused-ring (bicyclic) bond motifs is 1. The third-order valence-electron chi connectivity index (χ3n) is 4.19. The number of hydrogen-bond donors (Lipinski definition) is 3. The van der Waals surface area contributed by atoms with Crippen LogP contribution in [0.3, 0.4) is 0 Å². The van der Waals surface area contributed by atoms with Crippen molar-refractivity contribution in [3.63, 3.8) is 0 Å². The predicted molar refractivity (Wildman–Crippen MR) is 97.6 cm³/mol. The highest BCUT2D eigenvalue weighted by Gasteiger charge is 2.23. The molecule has 0 saturated heterocycles. The molecule has 1 heterocycles. The van der Waals surface area contributed by atoms with E-state index in [4.69, 9.17) is 0 Å². The van der Waals surface area contributed by atoms with E-state index in [0.29, 0.717) is 18.7 Å². The molecule has 136 valence electrons. The number of amides is 4. The van der Waals surface area contributed by atoms with E-state index < -0.39 is 12.1 Å². The van der Waals surface area contributed by atoms with Crippen molar-refractivity contribution in [3.05, 3.63) is 23.8 Å². The lowest BCUT2D eigenvalue weighted by molar-refractivity contribution is -0.122. The fourth-order valence-electron chi connectivity index (χ4n) is 3.01. The third kappa shape index (κ3) is 4.71. The predicted octanol–water partition coefficient (Wildman–Crippen LogP) is 1.88. The van der Waals surface area contributed by atoms with Crippen LogP contribution in [0.2, 0.25) is 0 Å². The van der Waals surface area contributed by atoms with Crippen LogP contribution in [0.25, 0.3) is 0 Å². The van der Waals surface area contributed by atoms with E-state index in [9.17, 15) is 14.4 Å². The van der Waals surface area contributed by atoms with Gasteiger partial charge in [-0.05, 0) is 42.5 Å². The second-order valence-electron chi connectivity index (χ2n) is 6.66. The van der Waals surface area contributed by atoms with Crippen LogP contribution >= 0.6 is 0 Å². The molecule has 0 spiro atoms. The first kappa shape index (κ1) is 18.8. The second kappa shape index (κ2) is 8.00. The number of hydrogen-bond acceptors (Lipinski definition) is 3. The van der Waals surface area contributed by atoms with Gasteiger partial charge in [0, 0.05) is 31.9 Å². The van der Waals surface area contributed by atoms with Crippen LogP contribution in [0.15, 0.2) is 18.2 Å². The number of nitrogens with one attached hydrogen (secondary N) is 3. The van der Waals surface area contributed by atoms with E-state index in [-0.39, 0.29) is 17.7 Å². The molecule has 0 fully saturated rings. The Morgan fingerprint density at radius 2 is 1.96 bits per heavy atom. The standard InChI is InChI=1S/C18H26N4O3/c1-11(2)9-15(17(24)19-4)21-18(25)20-14-5-6-16-13(10-14)7-8-22(16)12(3)23/h5-6,10-11,15H,7-9H2,1-4H3,(H,19,24)(H2,20,21,25)/t15-/m1/s1. The Labute approximate surface area is 148 Å². The van der Waals surface area contributed by atoms with Crippen LogP contribution in [0.4, 0.5) is 16.2 Å². The Morgan fingerprint density at radius 1 is 1.24 bits per heavy atom. The normalized spacial score (nSPS) is 14.0. The molecule has 7 heteroatoms. The number of likely N-dealkylation sites (N-methyl/N-ethyl adjacent to an activating group) is 1. The summed E-state index contributed by atoms with van der Waals surface area (Å²) in [5, 5.41) is 8.05. The highest BCUT2D eigenvalue weighted by molar-refractivity contribution is 5.96. The highest BCUT2D eigenvalue weighted by Crippen LogP contribution is 2.30. The van der Waals surface area contributed by atoms with E-state index in [0.717, 1.165) is 17.7 Å². The maximum atomic E-state index is 12.2. The maximum absolute atomic E-state index is 12.2. The zero-order valence-electron chi connectivity index (χ0n) is 15.2. The van der Waals surface area contributed by atoms with Gasteiger partial charge in [-0.15, -0.1) is 0 Å². The van der Waals surface area contributed by atoms with Gasteiger partial charge in [0.25, 0.3) is 0 Å². The fourth-order valence-corrected chi connectivity index (χ4v) is 3.01. The van der Waals surface area contributed by atoms with Gasteiger partial charge >= 0.3 is 6.03 Å². The lowest BCUT2D eigenvalue weighted by Crippen LogP contribution is -2.47. The van der Waals surface area contributed by atoms with Crippen molar-refractivity contribution in [2.75, 3.05) is 23.8 Å². The summed E-state index contributed by atoms with van der Waals surface area (Å²) in [6.45, 7) is 6.20. The van der Waals surface area contributed by atoms with Crippen LogP contribution in [-0.4, -0.2) is 37.5 Å². The first-order valence-electron chi connectivity index (χ1n) is 8.52. The molecule has 25 heavy (non-hydrogen) atoms. The minimum absolute atomic E-state index is 0.0132. The Hall–Kier alpha value is -2.57. The smallest absolute Gasteiger partial charge is 0.319 e. The molecule has 0 saturated carbocycles. The minimum atomic E-state index is -0.576. The number of rotatable bonds is 5. The van der Waals surface area contributed by atoms with E-state index >= 15 is 0 Å². The number of carbonyl (C=O) groups is 3. The molecule has 1 aliphatic heterocycles. The van der Waals surface area contributed by atoms with Crippen molar-refractivity contribution < 1.29 is 14.4 Å². The Morgan fingerprint density at radius 3 is 2.56 bits per heavy atom. The molecule has 0 aromatic heterocycles. The summed E-state index contributed by atoms with van der Waals surface area (Å²) >= 11 is 0. The van der Waals surface area contributed by atoms with Crippen molar-refractivity contribution >= 4 is 29.2 Å². The SMILES string of the molecule is CNC(=O)[C@@H](CC(C)C)NC(=O)Nc1ccc2c(c1)CCN2C(C)=O. The molecule has 1 aliphatic rings. The summed E-state index contributed by atoms with van der Waals surface area (Å²) in [6.07, 6.45) is 1.32. The first-order chi connectivity index (χ1) is 11.8. The third-order valence-corrected chi connectivity index (χ3v) is 4.19. The molecular weight excluding hydrogens is 320 g/mol. The summed E-state index contributed by atoms with van der Waals surface area (Å²) in [7, 11) is 1.55. The molecule has 3 N–H and O–H groups in total. The summed E-state index contributed by atoms with van der Waals surface area (Å²) < 4.78 is 0. The van der Waals surface area contributed by atoms with Gasteiger partial charge in [-0.25, -0.2) is 4.79 Å². The van der Waals surface area contributed by atoms with Crippen molar-refractivity contribution in [1.29, 1.82) is 0 Å². The summed E-state index contributed by atoms with van der Waals surface area (Å²) in [5.74, 6) is 0.0781. The first-order valence-corrected chi connectivity index (χ1v) is 8.52. The number of anilines is 2. The van der Waals surface area contributed by atoms with E-state index in [1.54, 1.807) is 24.9 Å². The van der Waals surface area contributed by atoms with E-state index in [1.807, 2.05) is 26.0 Å². The quantitative estimate of drug-likeness (QED) is 0.760. The molecular formula is C18H26N4O3. The molecule has 7 nitrogen and oxygen atoms in total. The zero-order chi connectivity index (χ0) is 18.6. The molecule has 0 unspecified atom stereocenters. The highest BCUT2D eigenvalue weighted by atomic mass is 16.2. The number of urea groups is 1.